The number of aliphatic hydroxyl groups is 1. The lowest BCUT2D eigenvalue weighted by molar-refractivity contribution is 0.268. The Morgan fingerprint density at radius 3 is 2.67 bits per heavy atom. The maximum absolute atomic E-state index is 11.7. The van der Waals surface area contributed by atoms with Crippen molar-refractivity contribution in [1.82, 2.24) is 4.57 Å². The smallest absolute Gasteiger partial charge is 0.223 e. The first-order valence-electron chi connectivity index (χ1n) is 5.68. The van der Waals surface area contributed by atoms with Crippen LogP contribution >= 0.6 is 0 Å². The maximum atomic E-state index is 11.7. The van der Waals surface area contributed by atoms with Crippen molar-refractivity contribution in [2.75, 3.05) is 0 Å². The fourth-order valence-corrected chi connectivity index (χ4v) is 1.65. The van der Waals surface area contributed by atoms with E-state index in [1.54, 1.807) is 17.8 Å². The third-order valence-corrected chi connectivity index (χ3v) is 2.70. The van der Waals surface area contributed by atoms with Gasteiger partial charge in [-0.2, -0.15) is 0 Å². The summed E-state index contributed by atoms with van der Waals surface area (Å²) >= 11 is 0. The average Bonchev–Trinajstić information content (AvgIpc) is 2.40. The molecule has 1 aromatic carbocycles. The molecule has 0 bridgehead atoms. The second-order valence-electron chi connectivity index (χ2n) is 4.04. The van der Waals surface area contributed by atoms with E-state index in [1.807, 2.05) is 30.3 Å². The molecular weight excluding hydrogens is 230 g/mol. The molecule has 2 rings (SSSR count). The summed E-state index contributed by atoms with van der Waals surface area (Å²) in [5.74, 6) is 0.290. The van der Waals surface area contributed by atoms with Crippen LogP contribution in [0.15, 0.2) is 47.4 Å². The van der Waals surface area contributed by atoms with Crippen molar-refractivity contribution in [3.8, 4) is 5.75 Å². The van der Waals surface area contributed by atoms with Gasteiger partial charge in [-0.3, -0.25) is 4.79 Å². The van der Waals surface area contributed by atoms with Gasteiger partial charge in [-0.15, -0.1) is 0 Å². The Hall–Kier alpha value is -2.07. The van der Waals surface area contributed by atoms with Crippen molar-refractivity contribution in [2.45, 2.75) is 13.2 Å². The molecule has 0 unspecified atom stereocenters. The van der Waals surface area contributed by atoms with Crippen LogP contribution in [0.1, 0.15) is 11.3 Å². The molecule has 1 heterocycles. The lowest BCUT2D eigenvalue weighted by atomic mass is 10.2. The van der Waals surface area contributed by atoms with Crippen LogP contribution in [0.2, 0.25) is 0 Å². The summed E-state index contributed by atoms with van der Waals surface area (Å²) in [6.45, 7) is 0.194. The van der Waals surface area contributed by atoms with Gasteiger partial charge >= 0.3 is 0 Å². The van der Waals surface area contributed by atoms with Crippen molar-refractivity contribution in [1.29, 1.82) is 0 Å². The van der Waals surface area contributed by atoms with Crippen LogP contribution in [0.25, 0.3) is 0 Å². The van der Waals surface area contributed by atoms with E-state index in [0.29, 0.717) is 18.1 Å². The van der Waals surface area contributed by atoms with Crippen LogP contribution < -0.4 is 10.2 Å². The third kappa shape index (κ3) is 2.78. The summed E-state index contributed by atoms with van der Waals surface area (Å²) in [6.07, 6.45) is 1.59. The van der Waals surface area contributed by atoms with Gasteiger partial charge in [0.25, 0.3) is 0 Å². The predicted molar refractivity (Wildman–Crippen MR) is 68.4 cm³/mol. The SMILES string of the molecule is Cn1cc(OCc2ccccc2)c(=O)cc1CO. The molecule has 0 aliphatic rings. The minimum atomic E-state index is -0.215. The molecule has 0 amide bonds. The van der Waals surface area contributed by atoms with Gasteiger partial charge in [0.05, 0.1) is 12.8 Å². The number of hydrogen-bond acceptors (Lipinski definition) is 3. The highest BCUT2D eigenvalue weighted by Crippen LogP contribution is 2.08. The number of benzene rings is 1. The summed E-state index contributed by atoms with van der Waals surface area (Å²) in [5, 5.41) is 9.04. The highest BCUT2D eigenvalue weighted by atomic mass is 16.5. The molecule has 0 radical (unpaired) electrons. The lowest BCUT2D eigenvalue weighted by Crippen LogP contribution is -2.13. The zero-order chi connectivity index (χ0) is 13.0. The summed E-state index contributed by atoms with van der Waals surface area (Å²) in [7, 11) is 1.76. The fourth-order valence-electron chi connectivity index (χ4n) is 1.65. The molecule has 1 N–H and O–H groups in total. The predicted octanol–water partition coefficient (Wildman–Crippen LogP) is 1.46. The quantitative estimate of drug-likeness (QED) is 0.887. The zero-order valence-corrected chi connectivity index (χ0v) is 10.2. The minimum Gasteiger partial charge on any atom is -0.483 e. The first kappa shape index (κ1) is 12.4. The second kappa shape index (κ2) is 5.51. The van der Waals surface area contributed by atoms with E-state index in [1.165, 1.54) is 6.07 Å². The van der Waals surface area contributed by atoms with E-state index in [-0.39, 0.29) is 12.0 Å². The molecule has 2 aromatic rings. The van der Waals surface area contributed by atoms with E-state index >= 15 is 0 Å². The number of ether oxygens (including phenoxy) is 1. The molecule has 0 spiro atoms. The molecule has 94 valence electrons. The van der Waals surface area contributed by atoms with Gasteiger partial charge in [-0.25, -0.2) is 0 Å². The highest BCUT2D eigenvalue weighted by Gasteiger charge is 2.05. The van der Waals surface area contributed by atoms with Crippen LogP contribution in [0.5, 0.6) is 5.75 Å². The van der Waals surface area contributed by atoms with Crippen LogP contribution in [0.3, 0.4) is 0 Å². The van der Waals surface area contributed by atoms with Gasteiger partial charge in [0.15, 0.2) is 5.75 Å². The topological polar surface area (TPSA) is 51.5 Å². The Balaban J connectivity index is 2.15. The van der Waals surface area contributed by atoms with E-state index in [0.717, 1.165) is 5.56 Å². The second-order valence-corrected chi connectivity index (χ2v) is 4.04. The first-order chi connectivity index (χ1) is 8.70. The van der Waals surface area contributed by atoms with E-state index in [4.69, 9.17) is 9.84 Å². The Morgan fingerprint density at radius 2 is 2.00 bits per heavy atom. The van der Waals surface area contributed by atoms with Crippen LogP contribution in [0.4, 0.5) is 0 Å². The maximum Gasteiger partial charge on any atom is 0.223 e. The molecule has 0 aliphatic heterocycles. The first-order valence-corrected chi connectivity index (χ1v) is 5.68. The summed E-state index contributed by atoms with van der Waals surface area (Å²) in [5.41, 5.74) is 1.35. The molecule has 0 aliphatic carbocycles. The van der Waals surface area contributed by atoms with Crippen molar-refractivity contribution in [2.24, 2.45) is 7.05 Å². The molecular formula is C14H15NO3. The molecule has 1 aromatic heterocycles. The van der Waals surface area contributed by atoms with E-state index in [2.05, 4.69) is 0 Å². The largest absolute Gasteiger partial charge is 0.483 e. The zero-order valence-electron chi connectivity index (χ0n) is 10.2. The third-order valence-electron chi connectivity index (χ3n) is 2.70. The molecule has 0 atom stereocenters. The summed E-state index contributed by atoms with van der Waals surface area (Å²) in [4.78, 5) is 11.7. The van der Waals surface area contributed by atoms with Gasteiger partial charge in [0, 0.05) is 18.8 Å². The monoisotopic (exact) mass is 245 g/mol. The number of aromatic nitrogens is 1. The molecule has 4 nitrogen and oxygen atoms in total. The van der Waals surface area contributed by atoms with Crippen molar-refractivity contribution < 1.29 is 9.84 Å². The Morgan fingerprint density at radius 1 is 1.28 bits per heavy atom. The van der Waals surface area contributed by atoms with Gasteiger partial charge < -0.3 is 14.4 Å². The fraction of sp³-hybridized carbons (Fsp3) is 0.214. The van der Waals surface area contributed by atoms with Crippen LogP contribution in [-0.2, 0) is 20.3 Å². The average molecular weight is 245 g/mol. The Bertz CT molecular complexity index is 575. The van der Waals surface area contributed by atoms with Crippen LogP contribution in [0, 0.1) is 0 Å². The van der Waals surface area contributed by atoms with Crippen molar-refractivity contribution in [3.05, 3.63) is 64.1 Å². The molecule has 18 heavy (non-hydrogen) atoms. The van der Waals surface area contributed by atoms with Crippen molar-refractivity contribution >= 4 is 0 Å². The number of aryl methyl sites for hydroxylation is 1. The summed E-state index contributed by atoms with van der Waals surface area (Å²) < 4.78 is 7.17. The molecule has 4 heteroatoms. The molecule has 0 saturated carbocycles. The normalized spacial score (nSPS) is 10.3. The van der Waals surface area contributed by atoms with Gasteiger partial charge in [0.1, 0.15) is 6.61 Å². The minimum absolute atomic E-state index is 0.162. The number of nitrogens with zero attached hydrogens (tertiary/aromatic N) is 1. The van der Waals surface area contributed by atoms with Crippen molar-refractivity contribution in [3.63, 3.8) is 0 Å². The van der Waals surface area contributed by atoms with Gasteiger partial charge in [0.2, 0.25) is 5.43 Å². The van der Waals surface area contributed by atoms with Crippen LogP contribution in [-0.4, -0.2) is 9.67 Å². The number of pyridine rings is 1. The number of hydrogen-bond donors (Lipinski definition) is 1. The lowest BCUT2D eigenvalue weighted by Gasteiger charge is -2.10. The molecule has 0 fully saturated rings. The highest BCUT2D eigenvalue weighted by molar-refractivity contribution is 5.22. The molecule has 0 saturated heterocycles. The van der Waals surface area contributed by atoms with E-state index in [9.17, 15) is 4.79 Å². The standard InChI is InChI=1S/C14H15NO3/c1-15-8-14(13(17)7-12(15)9-16)18-10-11-5-3-2-4-6-11/h2-8,16H,9-10H2,1H3. The van der Waals surface area contributed by atoms with Gasteiger partial charge in [-0.1, -0.05) is 30.3 Å². The Kier molecular flexibility index (Phi) is 3.79. The summed E-state index contributed by atoms with van der Waals surface area (Å²) in [6, 6.07) is 11.0. The number of rotatable bonds is 4. The number of aliphatic hydroxyl groups excluding tert-OH is 1. The van der Waals surface area contributed by atoms with E-state index < -0.39 is 0 Å². The Labute approximate surface area is 105 Å². The van der Waals surface area contributed by atoms with Gasteiger partial charge in [-0.05, 0) is 5.56 Å².